The molecular formula is C12H10ClN3O2. The third-order valence-electron chi connectivity index (χ3n) is 2.32. The molecule has 0 fully saturated rings. The second-order valence-corrected chi connectivity index (χ2v) is 4.07. The van der Waals surface area contributed by atoms with Crippen LogP contribution in [0.4, 0.5) is 5.82 Å². The molecule has 0 atom stereocenters. The highest BCUT2D eigenvalue weighted by molar-refractivity contribution is 6.29. The normalized spacial score (nSPS) is 10.1. The van der Waals surface area contributed by atoms with Gasteiger partial charge in [-0.25, -0.2) is 4.98 Å². The summed E-state index contributed by atoms with van der Waals surface area (Å²) >= 11 is 5.66. The van der Waals surface area contributed by atoms with Gasteiger partial charge in [0.25, 0.3) is 5.91 Å². The molecule has 1 heterocycles. The molecule has 92 valence electrons. The van der Waals surface area contributed by atoms with Crippen molar-refractivity contribution in [2.75, 3.05) is 5.32 Å². The van der Waals surface area contributed by atoms with Gasteiger partial charge in [-0.2, -0.15) is 0 Å². The summed E-state index contributed by atoms with van der Waals surface area (Å²) in [7, 11) is 0. The Hall–Kier alpha value is -2.14. The summed E-state index contributed by atoms with van der Waals surface area (Å²) in [4.78, 5) is 19.5. The molecule has 0 aliphatic carbocycles. The van der Waals surface area contributed by atoms with Gasteiger partial charge in [0.1, 0.15) is 10.9 Å². The topological polar surface area (TPSA) is 75.1 Å². The molecule has 2 N–H and O–H groups in total. The number of aromatic hydroxyl groups is 1. The molecule has 0 spiro atoms. The minimum absolute atomic E-state index is 0.0693. The number of amides is 1. The van der Waals surface area contributed by atoms with Crippen LogP contribution in [0.5, 0.6) is 5.75 Å². The monoisotopic (exact) mass is 263 g/mol. The fraction of sp³-hybridized carbons (Fsp3) is 0.0833. The van der Waals surface area contributed by atoms with Gasteiger partial charge >= 0.3 is 0 Å². The molecule has 2 rings (SSSR count). The summed E-state index contributed by atoms with van der Waals surface area (Å²) in [5.41, 5.74) is 1.04. The minimum Gasteiger partial charge on any atom is -0.508 e. The number of aromatic nitrogens is 2. The predicted octanol–water partition coefficient (Wildman–Crippen LogP) is 2.40. The van der Waals surface area contributed by atoms with Crippen molar-refractivity contribution in [2.24, 2.45) is 0 Å². The van der Waals surface area contributed by atoms with Gasteiger partial charge in [-0.05, 0) is 24.6 Å². The Kier molecular flexibility index (Phi) is 3.43. The number of hydrogen-bond acceptors (Lipinski definition) is 4. The summed E-state index contributed by atoms with van der Waals surface area (Å²) in [6.07, 6.45) is 2.76. The summed E-state index contributed by atoms with van der Waals surface area (Å²) < 4.78 is 0. The van der Waals surface area contributed by atoms with Crippen LogP contribution in [0.3, 0.4) is 0 Å². The van der Waals surface area contributed by atoms with Crippen molar-refractivity contribution in [1.82, 2.24) is 9.97 Å². The molecule has 1 aromatic heterocycles. The van der Waals surface area contributed by atoms with Crippen LogP contribution >= 0.6 is 11.6 Å². The average Bonchev–Trinajstić information content (AvgIpc) is 2.32. The number of benzene rings is 1. The number of aryl methyl sites for hydroxylation is 1. The zero-order chi connectivity index (χ0) is 13.1. The SMILES string of the molecule is Cc1ccc(C(=O)Nc2cncc(Cl)n2)cc1O. The van der Waals surface area contributed by atoms with E-state index >= 15 is 0 Å². The number of anilines is 1. The largest absolute Gasteiger partial charge is 0.508 e. The highest BCUT2D eigenvalue weighted by atomic mass is 35.5. The fourth-order valence-electron chi connectivity index (χ4n) is 1.34. The number of phenols is 1. The van der Waals surface area contributed by atoms with E-state index in [4.69, 9.17) is 11.6 Å². The van der Waals surface area contributed by atoms with Crippen LogP contribution in [0, 0.1) is 6.92 Å². The molecule has 18 heavy (non-hydrogen) atoms. The molecule has 1 amide bonds. The van der Waals surface area contributed by atoms with Crippen molar-refractivity contribution in [1.29, 1.82) is 0 Å². The van der Waals surface area contributed by atoms with Crippen LogP contribution in [0.2, 0.25) is 5.15 Å². The van der Waals surface area contributed by atoms with Gasteiger partial charge < -0.3 is 10.4 Å². The van der Waals surface area contributed by atoms with Crippen molar-refractivity contribution < 1.29 is 9.90 Å². The zero-order valence-corrected chi connectivity index (χ0v) is 10.3. The number of phenolic OH excluding ortho intramolecular Hbond substituents is 1. The van der Waals surface area contributed by atoms with Crippen molar-refractivity contribution in [3.8, 4) is 5.75 Å². The Morgan fingerprint density at radius 3 is 2.83 bits per heavy atom. The Morgan fingerprint density at radius 1 is 1.39 bits per heavy atom. The molecule has 0 saturated carbocycles. The van der Waals surface area contributed by atoms with Crippen LogP contribution in [0.1, 0.15) is 15.9 Å². The van der Waals surface area contributed by atoms with Gasteiger partial charge in [0.05, 0.1) is 12.4 Å². The lowest BCUT2D eigenvalue weighted by Crippen LogP contribution is -2.13. The molecule has 0 aliphatic heterocycles. The van der Waals surface area contributed by atoms with Crippen molar-refractivity contribution in [2.45, 2.75) is 6.92 Å². The number of halogens is 1. The highest BCUT2D eigenvalue weighted by Crippen LogP contribution is 2.18. The Labute approximate surface area is 108 Å². The van der Waals surface area contributed by atoms with Gasteiger partial charge in [0.15, 0.2) is 5.82 Å². The molecule has 0 bridgehead atoms. The maximum absolute atomic E-state index is 11.9. The summed E-state index contributed by atoms with van der Waals surface area (Å²) in [6.45, 7) is 1.75. The molecule has 1 aromatic carbocycles. The smallest absolute Gasteiger partial charge is 0.256 e. The minimum atomic E-state index is -0.387. The number of hydrogen-bond donors (Lipinski definition) is 2. The third-order valence-corrected chi connectivity index (χ3v) is 2.50. The third kappa shape index (κ3) is 2.75. The average molecular weight is 264 g/mol. The highest BCUT2D eigenvalue weighted by Gasteiger charge is 2.09. The number of rotatable bonds is 2. The van der Waals surface area contributed by atoms with E-state index in [1.54, 1.807) is 19.1 Å². The molecule has 5 nitrogen and oxygen atoms in total. The number of carbonyl (C=O) groups excluding carboxylic acids is 1. The molecule has 0 saturated heterocycles. The first-order valence-electron chi connectivity index (χ1n) is 5.15. The lowest BCUT2D eigenvalue weighted by Gasteiger charge is -2.05. The number of nitrogens with one attached hydrogen (secondary N) is 1. The van der Waals surface area contributed by atoms with Crippen molar-refractivity contribution in [3.05, 3.63) is 46.9 Å². The quantitative estimate of drug-likeness (QED) is 0.872. The van der Waals surface area contributed by atoms with Gasteiger partial charge in [-0.3, -0.25) is 9.78 Å². The molecule has 6 heteroatoms. The van der Waals surface area contributed by atoms with Crippen LogP contribution in [0.25, 0.3) is 0 Å². The van der Waals surface area contributed by atoms with E-state index in [1.807, 2.05) is 0 Å². The number of carbonyl (C=O) groups is 1. The fourth-order valence-corrected chi connectivity index (χ4v) is 1.49. The molecular weight excluding hydrogens is 254 g/mol. The van der Waals surface area contributed by atoms with Gasteiger partial charge in [-0.15, -0.1) is 0 Å². The van der Waals surface area contributed by atoms with Gasteiger partial charge in [0, 0.05) is 5.56 Å². The summed E-state index contributed by atoms with van der Waals surface area (Å²) in [5.74, 6) is -0.0609. The van der Waals surface area contributed by atoms with E-state index in [0.717, 1.165) is 0 Å². The second kappa shape index (κ2) is 5.01. The predicted molar refractivity (Wildman–Crippen MR) is 67.8 cm³/mol. The zero-order valence-electron chi connectivity index (χ0n) is 9.51. The van der Waals surface area contributed by atoms with E-state index in [2.05, 4.69) is 15.3 Å². The summed E-state index contributed by atoms with van der Waals surface area (Å²) in [6, 6.07) is 4.67. The second-order valence-electron chi connectivity index (χ2n) is 3.68. The first kappa shape index (κ1) is 12.3. The Balaban J connectivity index is 2.19. The first-order chi connectivity index (χ1) is 8.56. The lowest BCUT2D eigenvalue weighted by molar-refractivity contribution is 0.102. The van der Waals surface area contributed by atoms with Crippen LogP contribution < -0.4 is 5.32 Å². The van der Waals surface area contributed by atoms with E-state index < -0.39 is 0 Å². The lowest BCUT2D eigenvalue weighted by atomic mass is 10.1. The molecule has 0 radical (unpaired) electrons. The maximum atomic E-state index is 11.9. The van der Waals surface area contributed by atoms with Crippen molar-refractivity contribution >= 4 is 23.3 Å². The van der Waals surface area contributed by atoms with E-state index in [-0.39, 0.29) is 22.6 Å². The van der Waals surface area contributed by atoms with E-state index in [0.29, 0.717) is 11.1 Å². The van der Waals surface area contributed by atoms with E-state index in [1.165, 1.54) is 18.5 Å². The summed E-state index contributed by atoms with van der Waals surface area (Å²) in [5, 5.41) is 12.3. The van der Waals surface area contributed by atoms with Gasteiger partial charge in [0.2, 0.25) is 0 Å². The van der Waals surface area contributed by atoms with Crippen molar-refractivity contribution in [3.63, 3.8) is 0 Å². The standard InChI is InChI=1S/C12H10ClN3O2/c1-7-2-3-8(4-9(7)17)12(18)16-11-6-14-5-10(13)15-11/h2-6,17H,1H3,(H,15,16,18). The molecule has 2 aromatic rings. The van der Waals surface area contributed by atoms with Crippen LogP contribution in [-0.4, -0.2) is 21.0 Å². The first-order valence-corrected chi connectivity index (χ1v) is 5.52. The van der Waals surface area contributed by atoms with Gasteiger partial charge in [-0.1, -0.05) is 17.7 Å². The molecule has 0 unspecified atom stereocenters. The van der Waals surface area contributed by atoms with Crippen LogP contribution in [-0.2, 0) is 0 Å². The van der Waals surface area contributed by atoms with E-state index in [9.17, 15) is 9.90 Å². The number of nitrogens with zero attached hydrogens (tertiary/aromatic N) is 2. The Morgan fingerprint density at radius 2 is 2.17 bits per heavy atom. The maximum Gasteiger partial charge on any atom is 0.256 e. The van der Waals surface area contributed by atoms with Crippen LogP contribution in [0.15, 0.2) is 30.6 Å². The Bertz CT molecular complexity index is 602. The molecule has 0 aliphatic rings.